The summed E-state index contributed by atoms with van der Waals surface area (Å²) in [5.41, 5.74) is 2.77. The molecule has 1 atom stereocenters. The van der Waals surface area contributed by atoms with Crippen molar-refractivity contribution in [1.82, 2.24) is 5.01 Å². The summed E-state index contributed by atoms with van der Waals surface area (Å²) in [6.45, 7) is 3.42. The van der Waals surface area contributed by atoms with Crippen molar-refractivity contribution < 1.29 is 19.1 Å². The molecular weight excluding hydrogens is 344 g/mol. The maximum Gasteiger partial charge on any atom is 0.344 e. The molecule has 140 valence electrons. The van der Waals surface area contributed by atoms with Gasteiger partial charge in [0.25, 0.3) is 0 Å². The summed E-state index contributed by atoms with van der Waals surface area (Å²) in [6, 6.07) is 17.0. The van der Waals surface area contributed by atoms with E-state index in [9.17, 15) is 9.59 Å². The third-order valence-corrected chi connectivity index (χ3v) is 4.24. The fourth-order valence-corrected chi connectivity index (χ4v) is 3.02. The second-order valence-corrected chi connectivity index (χ2v) is 6.16. The Morgan fingerprint density at radius 2 is 1.93 bits per heavy atom. The summed E-state index contributed by atoms with van der Waals surface area (Å²) in [4.78, 5) is 23.6. The molecule has 1 aliphatic rings. The van der Waals surface area contributed by atoms with Gasteiger partial charge in [0.1, 0.15) is 5.75 Å². The first-order valence-corrected chi connectivity index (χ1v) is 8.89. The summed E-state index contributed by atoms with van der Waals surface area (Å²) < 4.78 is 10.4. The van der Waals surface area contributed by atoms with Crippen molar-refractivity contribution >= 4 is 17.6 Å². The highest BCUT2D eigenvalue weighted by atomic mass is 16.6. The van der Waals surface area contributed by atoms with E-state index in [1.807, 2.05) is 48.5 Å². The molecule has 3 rings (SSSR count). The van der Waals surface area contributed by atoms with Gasteiger partial charge in [0.05, 0.1) is 18.4 Å². The van der Waals surface area contributed by atoms with Gasteiger partial charge in [-0.25, -0.2) is 9.80 Å². The van der Waals surface area contributed by atoms with Gasteiger partial charge in [-0.1, -0.05) is 42.5 Å². The molecule has 1 aliphatic heterocycles. The van der Waals surface area contributed by atoms with Crippen LogP contribution in [0.25, 0.3) is 0 Å². The largest absolute Gasteiger partial charge is 0.482 e. The van der Waals surface area contributed by atoms with Crippen LogP contribution in [-0.4, -0.2) is 35.8 Å². The standard InChI is InChI=1S/C21H22N2O4/c1-3-26-21(25)14-27-18-11-7-10-17(12-18)20-13-19(22-23(20)15(2)24)16-8-5-4-6-9-16/h4-12,20H,3,13-14H2,1-2H3/t20-/m1/s1. The number of hydrogen-bond donors (Lipinski definition) is 0. The normalized spacial score (nSPS) is 16.0. The van der Waals surface area contributed by atoms with Crippen LogP contribution in [0.3, 0.4) is 0 Å². The van der Waals surface area contributed by atoms with Crippen LogP contribution < -0.4 is 4.74 Å². The third-order valence-electron chi connectivity index (χ3n) is 4.24. The van der Waals surface area contributed by atoms with Gasteiger partial charge in [0, 0.05) is 13.3 Å². The van der Waals surface area contributed by atoms with E-state index in [0.29, 0.717) is 18.8 Å². The third kappa shape index (κ3) is 4.53. The van der Waals surface area contributed by atoms with E-state index in [0.717, 1.165) is 16.8 Å². The first-order valence-electron chi connectivity index (χ1n) is 8.89. The SMILES string of the molecule is CCOC(=O)COc1cccc([C@H]2CC(c3ccccc3)=NN2C(C)=O)c1. The number of esters is 1. The van der Waals surface area contributed by atoms with Crippen molar-refractivity contribution in [3.8, 4) is 5.75 Å². The van der Waals surface area contributed by atoms with Gasteiger partial charge in [0.2, 0.25) is 5.91 Å². The van der Waals surface area contributed by atoms with E-state index in [2.05, 4.69) is 5.10 Å². The zero-order valence-electron chi connectivity index (χ0n) is 15.4. The molecule has 0 unspecified atom stereocenters. The highest BCUT2D eigenvalue weighted by Crippen LogP contribution is 2.34. The second kappa shape index (κ2) is 8.49. The molecule has 0 bridgehead atoms. The molecular formula is C21H22N2O4. The lowest BCUT2D eigenvalue weighted by Crippen LogP contribution is -2.24. The molecule has 6 heteroatoms. The van der Waals surface area contributed by atoms with Gasteiger partial charge in [-0.15, -0.1) is 0 Å². The lowest BCUT2D eigenvalue weighted by atomic mass is 9.98. The fraction of sp³-hybridized carbons (Fsp3) is 0.286. The minimum Gasteiger partial charge on any atom is -0.482 e. The van der Waals surface area contributed by atoms with Crippen LogP contribution in [0.5, 0.6) is 5.75 Å². The minimum atomic E-state index is -0.413. The molecule has 0 N–H and O–H groups in total. The Balaban J connectivity index is 1.78. The van der Waals surface area contributed by atoms with Crippen molar-refractivity contribution in [2.75, 3.05) is 13.2 Å². The predicted molar refractivity (Wildman–Crippen MR) is 101 cm³/mol. The molecule has 1 heterocycles. The number of carbonyl (C=O) groups is 2. The highest BCUT2D eigenvalue weighted by molar-refractivity contribution is 6.03. The monoisotopic (exact) mass is 366 g/mol. The summed E-state index contributed by atoms with van der Waals surface area (Å²) in [5.74, 6) is 0.0184. The summed E-state index contributed by atoms with van der Waals surface area (Å²) in [5, 5.41) is 6.04. The average Bonchev–Trinajstić information content (AvgIpc) is 3.13. The van der Waals surface area contributed by atoms with Crippen LogP contribution in [-0.2, 0) is 14.3 Å². The van der Waals surface area contributed by atoms with Crippen LogP contribution in [0.2, 0.25) is 0 Å². The Morgan fingerprint density at radius 1 is 1.15 bits per heavy atom. The predicted octanol–water partition coefficient (Wildman–Crippen LogP) is 3.33. The molecule has 2 aromatic rings. The van der Waals surface area contributed by atoms with Crippen molar-refractivity contribution in [1.29, 1.82) is 0 Å². The number of benzene rings is 2. The minimum absolute atomic E-state index is 0.122. The van der Waals surface area contributed by atoms with E-state index >= 15 is 0 Å². The van der Waals surface area contributed by atoms with E-state index in [1.54, 1.807) is 13.0 Å². The molecule has 0 spiro atoms. The smallest absolute Gasteiger partial charge is 0.344 e. The number of hydrogen-bond acceptors (Lipinski definition) is 5. The quantitative estimate of drug-likeness (QED) is 0.736. The molecule has 1 amide bonds. The van der Waals surface area contributed by atoms with Crippen molar-refractivity contribution in [3.63, 3.8) is 0 Å². The highest BCUT2D eigenvalue weighted by Gasteiger charge is 2.31. The van der Waals surface area contributed by atoms with E-state index in [1.165, 1.54) is 11.9 Å². The zero-order valence-corrected chi connectivity index (χ0v) is 15.4. The molecule has 0 aromatic heterocycles. The van der Waals surface area contributed by atoms with E-state index in [-0.39, 0.29) is 18.6 Å². The first kappa shape index (κ1) is 18.6. The van der Waals surface area contributed by atoms with Gasteiger partial charge in [-0.2, -0.15) is 5.10 Å². The maximum atomic E-state index is 12.1. The Morgan fingerprint density at radius 3 is 2.63 bits per heavy atom. The molecule has 0 saturated carbocycles. The summed E-state index contributed by atoms with van der Waals surface area (Å²) >= 11 is 0. The Kier molecular flexibility index (Phi) is 5.86. The van der Waals surface area contributed by atoms with Crippen LogP contribution in [0, 0.1) is 0 Å². The molecule has 2 aromatic carbocycles. The number of amides is 1. The van der Waals surface area contributed by atoms with Gasteiger partial charge in [-0.05, 0) is 30.2 Å². The second-order valence-electron chi connectivity index (χ2n) is 6.16. The molecule has 0 fully saturated rings. The maximum absolute atomic E-state index is 12.1. The van der Waals surface area contributed by atoms with Crippen LogP contribution in [0.4, 0.5) is 0 Å². The summed E-state index contributed by atoms with van der Waals surface area (Å²) in [7, 11) is 0. The molecule has 0 saturated heterocycles. The summed E-state index contributed by atoms with van der Waals surface area (Å²) in [6.07, 6.45) is 0.616. The lowest BCUT2D eigenvalue weighted by molar-refractivity contribution is -0.145. The Labute approximate surface area is 158 Å². The molecule has 6 nitrogen and oxygen atoms in total. The Hall–Kier alpha value is -3.15. The van der Waals surface area contributed by atoms with Gasteiger partial charge in [-0.3, -0.25) is 4.79 Å². The number of nitrogens with zero attached hydrogens (tertiary/aromatic N) is 2. The number of ether oxygens (including phenoxy) is 2. The number of hydrazone groups is 1. The molecule has 27 heavy (non-hydrogen) atoms. The van der Waals surface area contributed by atoms with Crippen molar-refractivity contribution in [2.45, 2.75) is 26.3 Å². The van der Waals surface area contributed by atoms with E-state index in [4.69, 9.17) is 9.47 Å². The van der Waals surface area contributed by atoms with Crippen molar-refractivity contribution in [3.05, 3.63) is 65.7 Å². The lowest BCUT2D eigenvalue weighted by Gasteiger charge is -2.21. The van der Waals surface area contributed by atoms with Gasteiger partial charge in [0.15, 0.2) is 6.61 Å². The topological polar surface area (TPSA) is 68.2 Å². The van der Waals surface area contributed by atoms with Crippen LogP contribution in [0.1, 0.15) is 37.4 Å². The Bertz CT molecular complexity index is 848. The zero-order chi connectivity index (χ0) is 19.2. The van der Waals surface area contributed by atoms with Crippen LogP contribution >= 0.6 is 0 Å². The molecule has 0 aliphatic carbocycles. The van der Waals surface area contributed by atoms with E-state index < -0.39 is 5.97 Å². The van der Waals surface area contributed by atoms with Crippen molar-refractivity contribution in [2.24, 2.45) is 5.10 Å². The average molecular weight is 366 g/mol. The first-order chi connectivity index (χ1) is 13.1. The number of rotatable bonds is 6. The number of carbonyl (C=O) groups excluding carboxylic acids is 2. The van der Waals surface area contributed by atoms with Gasteiger partial charge >= 0.3 is 5.97 Å². The molecule has 0 radical (unpaired) electrons. The van der Waals surface area contributed by atoms with Crippen LogP contribution in [0.15, 0.2) is 59.7 Å². The van der Waals surface area contributed by atoms with Gasteiger partial charge < -0.3 is 9.47 Å². The fourth-order valence-electron chi connectivity index (χ4n) is 3.02.